The fourth-order valence-corrected chi connectivity index (χ4v) is 3.56. The van der Waals surface area contributed by atoms with Crippen LogP contribution in [0.3, 0.4) is 0 Å². The highest BCUT2D eigenvalue weighted by Crippen LogP contribution is 2.18. The van der Waals surface area contributed by atoms with Crippen LogP contribution in [-0.2, 0) is 40.5 Å². The summed E-state index contributed by atoms with van der Waals surface area (Å²) in [6.07, 6.45) is -7.96. The van der Waals surface area contributed by atoms with Gasteiger partial charge < -0.3 is 19.5 Å². The second-order valence-electron chi connectivity index (χ2n) is 8.36. The number of imidazole rings is 1. The van der Waals surface area contributed by atoms with E-state index in [2.05, 4.69) is 32.7 Å². The number of hydrogen-bond donors (Lipinski definition) is 2. The van der Waals surface area contributed by atoms with Crippen LogP contribution < -0.4 is 0 Å². The van der Waals surface area contributed by atoms with Gasteiger partial charge in [0.2, 0.25) is 0 Å². The molecule has 2 aliphatic rings. The molecule has 0 spiro atoms. The molecule has 39 heavy (non-hydrogen) atoms. The highest BCUT2D eigenvalue weighted by Gasteiger charge is 2.38. The molecule has 0 aliphatic carbocycles. The molecular formula is C23H25F6N5O5. The molecular weight excluding hydrogens is 540 g/mol. The maximum absolute atomic E-state index is 10.6. The predicted molar refractivity (Wildman–Crippen MR) is 121 cm³/mol. The molecule has 0 saturated carbocycles. The van der Waals surface area contributed by atoms with E-state index < -0.39 is 24.3 Å². The lowest BCUT2D eigenvalue weighted by Gasteiger charge is -2.27. The Kier molecular flexibility index (Phi) is 11.3. The van der Waals surface area contributed by atoms with Crippen molar-refractivity contribution in [1.29, 1.82) is 5.26 Å². The van der Waals surface area contributed by atoms with Crippen LogP contribution in [0.5, 0.6) is 0 Å². The third kappa shape index (κ3) is 10.9. The average Bonchev–Trinajstić information content (AvgIpc) is 3.26. The number of aliphatic carboxylic acids is 2. The summed E-state index contributed by atoms with van der Waals surface area (Å²) in [7, 11) is 0. The topological polar surface area (TPSA) is 132 Å². The maximum atomic E-state index is 10.6. The van der Waals surface area contributed by atoms with Crippen molar-refractivity contribution in [2.45, 2.75) is 38.5 Å². The van der Waals surface area contributed by atoms with Gasteiger partial charge in [-0.05, 0) is 17.7 Å². The van der Waals surface area contributed by atoms with E-state index in [1.165, 1.54) is 5.56 Å². The molecule has 16 heteroatoms. The zero-order valence-corrected chi connectivity index (χ0v) is 20.4. The van der Waals surface area contributed by atoms with E-state index in [1.807, 2.05) is 18.2 Å². The number of aromatic nitrogens is 2. The van der Waals surface area contributed by atoms with Gasteiger partial charge >= 0.3 is 24.3 Å². The van der Waals surface area contributed by atoms with E-state index >= 15 is 0 Å². The highest BCUT2D eigenvalue weighted by atomic mass is 19.4. The number of rotatable bonds is 4. The number of nitriles is 1. The van der Waals surface area contributed by atoms with Crippen LogP contribution in [0.2, 0.25) is 0 Å². The number of fused-ring (bicyclic) bond motifs is 1. The first kappa shape index (κ1) is 31.5. The first-order valence-corrected chi connectivity index (χ1v) is 11.4. The Bertz CT molecular complexity index is 1130. The summed E-state index contributed by atoms with van der Waals surface area (Å²) in [4.78, 5) is 27.5. The van der Waals surface area contributed by atoms with Crippen LogP contribution in [0.1, 0.15) is 22.6 Å². The molecule has 1 saturated heterocycles. The molecule has 0 bridgehead atoms. The number of halogens is 6. The molecule has 1 aromatic carbocycles. The predicted octanol–water partition coefficient (Wildman–Crippen LogP) is 2.87. The molecule has 214 valence electrons. The van der Waals surface area contributed by atoms with Gasteiger partial charge in [0.1, 0.15) is 5.82 Å². The van der Waals surface area contributed by atoms with Gasteiger partial charge in [0.25, 0.3) is 0 Å². The second-order valence-corrected chi connectivity index (χ2v) is 8.36. The number of hydrogen-bond acceptors (Lipinski definition) is 7. The smallest absolute Gasteiger partial charge is 0.475 e. The number of carboxylic acids is 2. The van der Waals surface area contributed by atoms with Crippen molar-refractivity contribution < 1.29 is 50.9 Å². The number of benzene rings is 1. The zero-order chi connectivity index (χ0) is 29.2. The molecule has 0 unspecified atom stereocenters. The fraction of sp³-hybridized carbons (Fsp3) is 0.478. The van der Waals surface area contributed by atoms with Crippen molar-refractivity contribution in [2.75, 3.05) is 32.8 Å². The summed E-state index contributed by atoms with van der Waals surface area (Å²) in [5.74, 6) is -4.37. The van der Waals surface area contributed by atoms with Crippen molar-refractivity contribution in [3.63, 3.8) is 0 Å². The third-order valence-corrected chi connectivity index (χ3v) is 5.37. The van der Waals surface area contributed by atoms with Crippen molar-refractivity contribution >= 4 is 11.9 Å². The summed E-state index contributed by atoms with van der Waals surface area (Å²) >= 11 is 0. The number of ether oxygens (including phenoxy) is 1. The normalized spacial score (nSPS) is 16.0. The van der Waals surface area contributed by atoms with E-state index in [0.717, 1.165) is 76.1 Å². The Morgan fingerprint density at radius 2 is 1.54 bits per heavy atom. The van der Waals surface area contributed by atoms with Gasteiger partial charge in [-0.1, -0.05) is 12.1 Å². The largest absolute Gasteiger partial charge is 0.490 e. The number of morpholine rings is 1. The maximum Gasteiger partial charge on any atom is 0.490 e. The minimum atomic E-state index is -5.08. The van der Waals surface area contributed by atoms with E-state index in [0.29, 0.717) is 0 Å². The van der Waals surface area contributed by atoms with E-state index in [1.54, 1.807) is 0 Å². The Labute approximate surface area is 218 Å². The van der Waals surface area contributed by atoms with Crippen molar-refractivity contribution in [2.24, 2.45) is 0 Å². The molecule has 0 radical (unpaired) electrons. The number of nitrogens with zero attached hydrogens (tertiary/aromatic N) is 5. The molecule has 1 aromatic heterocycles. The van der Waals surface area contributed by atoms with Crippen molar-refractivity contribution in [3.8, 4) is 6.07 Å². The van der Waals surface area contributed by atoms with E-state index in [-0.39, 0.29) is 0 Å². The standard InChI is InChI=1S/C19H23N5O.2C2HF3O2/c20-11-16-2-1-3-17(10-16)12-23-4-5-24-14-18(21-19(24)15-23)13-22-6-8-25-9-7-22;2*3-2(4,5)1(6)7/h1-3,10,14H,4-9,12-13,15H2;2*(H,6,7). The molecule has 2 N–H and O–H groups in total. The molecule has 1 fully saturated rings. The second kappa shape index (κ2) is 13.9. The Morgan fingerprint density at radius 1 is 0.949 bits per heavy atom. The third-order valence-electron chi connectivity index (χ3n) is 5.37. The van der Waals surface area contributed by atoms with Gasteiger partial charge in [0.05, 0.1) is 37.1 Å². The number of carboxylic acid groups (broad SMARTS) is 2. The Balaban J connectivity index is 0.000000317. The number of alkyl halides is 6. The minimum absolute atomic E-state index is 0.726. The van der Waals surface area contributed by atoms with Crippen LogP contribution in [0, 0.1) is 11.3 Å². The Hall–Kier alpha value is -3.68. The first-order valence-electron chi connectivity index (χ1n) is 11.4. The minimum Gasteiger partial charge on any atom is -0.475 e. The van der Waals surface area contributed by atoms with Crippen LogP contribution in [0.25, 0.3) is 0 Å². The van der Waals surface area contributed by atoms with Gasteiger partial charge in [-0.2, -0.15) is 31.6 Å². The lowest BCUT2D eigenvalue weighted by atomic mass is 10.1. The van der Waals surface area contributed by atoms with Crippen LogP contribution in [-0.4, -0.2) is 86.7 Å². The van der Waals surface area contributed by atoms with Crippen LogP contribution in [0.15, 0.2) is 30.5 Å². The molecule has 2 aliphatic heterocycles. The van der Waals surface area contributed by atoms with Gasteiger partial charge in [-0.25, -0.2) is 14.6 Å². The molecule has 0 amide bonds. The van der Waals surface area contributed by atoms with Gasteiger partial charge in [0, 0.05) is 45.5 Å². The van der Waals surface area contributed by atoms with Gasteiger partial charge in [-0.15, -0.1) is 0 Å². The summed E-state index contributed by atoms with van der Waals surface area (Å²) in [5, 5.41) is 23.3. The summed E-state index contributed by atoms with van der Waals surface area (Å²) < 4.78 is 71.2. The summed E-state index contributed by atoms with van der Waals surface area (Å²) in [6.45, 7) is 8.24. The number of carbonyl (C=O) groups is 2. The highest BCUT2D eigenvalue weighted by molar-refractivity contribution is 5.73. The van der Waals surface area contributed by atoms with Gasteiger partial charge in [0.15, 0.2) is 0 Å². The van der Waals surface area contributed by atoms with Crippen molar-refractivity contribution in [3.05, 3.63) is 53.1 Å². The summed E-state index contributed by atoms with van der Waals surface area (Å²) in [5.41, 5.74) is 3.07. The molecule has 4 rings (SSSR count). The zero-order valence-electron chi connectivity index (χ0n) is 20.4. The lowest BCUT2D eigenvalue weighted by molar-refractivity contribution is -0.193. The van der Waals surface area contributed by atoms with E-state index in [4.69, 9.17) is 34.8 Å². The first-order chi connectivity index (χ1) is 18.2. The monoisotopic (exact) mass is 565 g/mol. The van der Waals surface area contributed by atoms with Crippen LogP contribution in [0.4, 0.5) is 26.3 Å². The molecule has 2 aromatic rings. The fourth-order valence-electron chi connectivity index (χ4n) is 3.56. The Morgan fingerprint density at radius 3 is 2.08 bits per heavy atom. The van der Waals surface area contributed by atoms with Crippen molar-refractivity contribution in [1.82, 2.24) is 19.4 Å². The van der Waals surface area contributed by atoms with E-state index in [9.17, 15) is 26.3 Å². The molecule has 0 atom stereocenters. The SMILES string of the molecule is N#Cc1cccc(CN2CCn3cc(CN4CCOCC4)nc3C2)c1.O=C(O)C(F)(F)F.O=C(O)C(F)(F)F. The lowest BCUT2D eigenvalue weighted by Crippen LogP contribution is -2.35. The quantitative estimate of drug-likeness (QED) is 0.537. The summed E-state index contributed by atoms with van der Waals surface area (Å²) in [6, 6.07) is 10.1. The van der Waals surface area contributed by atoms with Gasteiger partial charge in [-0.3, -0.25) is 9.80 Å². The molecule has 10 nitrogen and oxygen atoms in total. The molecule has 3 heterocycles. The van der Waals surface area contributed by atoms with Crippen LogP contribution >= 0.6 is 0 Å². The average molecular weight is 565 g/mol.